The van der Waals surface area contributed by atoms with Crippen LogP contribution >= 0.6 is 0 Å². The zero-order chi connectivity index (χ0) is 21.6. The molecule has 0 radical (unpaired) electrons. The molecule has 8 nitrogen and oxygen atoms in total. The minimum atomic E-state index is -0.929. The molecule has 4 amide bonds. The van der Waals surface area contributed by atoms with Crippen molar-refractivity contribution in [3.63, 3.8) is 0 Å². The highest BCUT2D eigenvalue weighted by Gasteiger charge is 2.54. The number of pyridine rings is 1. The van der Waals surface area contributed by atoms with Gasteiger partial charge in [-0.2, -0.15) is 0 Å². The monoisotopic (exact) mass is 418 g/mol. The van der Waals surface area contributed by atoms with E-state index in [0.717, 1.165) is 24.0 Å². The van der Waals surface area contributed by atoms with Gasteiger partial charge in [-0.25, -0.2) is 9.78 Å². The predicted octanol–water partition coefficient (Wildman–Crippen LogP) is 2.91. The van der Waals surface area contributed by atoms with Crippen molar-refractivity contribution in [1.29, 1.82) is 0 Å². The van der Waals surface area contributed by atoms with Crippen LogP contribution in [0.15, 0.2) is 46.9 Å². The third kappa shape index (κ3) is 3.24. The summed E-state index contributed by atoms with van der Waals surface area (Å²) in [4.78, 5) is 41.9. The Balaban J connectivity index is 1.43. The third-order valence-electron chi connectivity index (χ3n) is 6.25. The highest BCUT2D eigenvalue weighted by atomic mass is 16.3. The summed E-state index contributed by atoms with van der Waals surface area (Å²) in [5.74, 6) is 0.633. The number of hydrogen-bond donors (Lipinski definition) is 3. The normalized spacial score (nSPS) is 22.7. The van der Waals surface area contributed by atoms with Gasteiger partial charge in [0.25, 0.3) is 11.8 Å². The summed E-state index contributed by atoms with van der Waals surface area (Å²) in [6.45, 7) is 2.14. The SMILES string of the molecule is Cc1ccc(-c2cc(C(=O)NCC3CCCC34NC(=O)NC4=O)c3ccccc3n2)o1. The number of carbonyl (C=O) groups is 3. The van der Waals surface area contributed by atoms with Gasteiger partial charge in [-0.1, -0.05) is 24.6 Å². The largest absolute Gasteiger partial charge is 0.460 e. The number of para-hydroxylation sites is 1. The molecule has 2 fully saturated rings. The van der Waals surface area contributed by atoms with Crippen LogP contribution in [-0.2, 0) is 4.79 Å². The Hall–Kier alpha value is -3.68. The van der Waals surface area contributed by atoms with Crippen molar-refractivity contribution in [3.05, 3.63) is 53.8 Å². The Bertz CT molecular complexity index is 1220. The highest BCUT2D eigenvalue weighted by molar-refractivity contribution is 6.08. The molecule has 0 bridgehead atoms. The number of hydrogen-bond acceptors (Lipinski definition) is 5. The zero-order valence-corrected chi connectivity index (χ0v) is 17.0. The van der Waals surface area contributed by atoms with Crippen molar-refractivity contribution in [2.75, 3.05) is 6.54 Å². The van der Waals surface area contributed by atoms with Crippen molar-refractivity contribution in [2.45, 2.75) is 31.7 Å². The lowest BCUT2D eigenvalue weighted by Crippen LogP contribution is -2.53. The van der Waals surface area contributed by atoms with Gasteiger partial charge in [0, 0.05) is 17.8 Å². The van der Waals surface area contributed by atoms with E-state index < -0.39 is 11.6 Å². The molecule has 31 heavy (non-hydrogen) atoms. The maximum atomic E-state index is 13.2. The molecule has 2 unspecified atom stereocenters. The molecule has 158 valence electrons. The van der Waals surface area contributed by atoms with E-state index in [9.17, 15) is 14.4 Å². The Kier molecular flexibility index (Phi) is 4.50. The number of imide groups is 1. The number of aryl methyl sites for hydroxylation is 1. The average molecular weight is 418 g/mol. The highest BCUT2D eigenvalue weighted by Crippen LogP contribution is 2.37. The maximum Gasteiger partial charge on any atom is 0.322 e. The molecule has 3 N–H and O–H groups in total. The van der Waals surface area contributed by atoms with Crippen LogP contribution in [0, 0.1) is 12.8 Å². The first-order valence-electron chi connectivity index (χ1n) is 10.3. The fourth-order valence-corrected chi connectivity index (χ4v) is 4.70. The first kappa shape index (κ1) is 19.3. The average Bonchev–Trinajstić information content (AvgIpc) is 3.45. The molecule has 1 saturated heterocycles. The minimum Gasteiger partial charge on any atom is -0.460 e. The second-order valence-electron chi connectivity index (χ2n) is 8.16. The Labute approximate surface area is 178 Å². The quantitative estimate of drug-likeness (QED) is 0.564. The molecule has 3 heterocycles. The molecule has 3 aromatic rings. The summed E-state index contributed by atoms with van der Waals surface area (Å²) in [6.07, 6.45) is 2.14. The summed E-state index contributed by atoms with van der Waals surface area (Å²) in [7, 11) is 0. The van der Waals surface area contributed by atoms with Crippen LogP contribution in [-0.4, -0.2) is 34.9 Å². The molecule has 2 aromatic heterocycles. The number of aromatic nitrogens is 1. The molecule has 8 heteroatoms. The number of furan rings is 1. The Morgan fingerprint density at radius 3 is 2.84 bits per heavy atom. The smallest absolute Gasteiger partial charge is 0.322 e. The van der Waals surface area contributed by atoms with E-state index in [2.05, 4.69) is 20.9 Å². The van der Waals surface area contributed by atoms with Crippen molar-refractivity contribution in [2.24, 2.45) is 5.92 Å². The molecule has 2 aliphatic rings. The number of nitrogens with one attached hydrogen (secondary N) is 3. The number of benzene rings is 1. The van der Waals surface area contributed by atoms with E-state index in [-0.39, 0.29) is 17.7 Å². The topological polar surface area (TPSA) is 113 Å². The number of fused-ring (bicyclic) bond motifs is 1. The molecule has 5 rings (SSSR count). The van der Waals surface area contributed by atoms with Crippen LogP contribution < -0.4 is 16.0 Å². The van der Waals surface area contributed by atoms with Crippen LogP contribution in [0.3, 0.4) is 0 Å². The van der Waals surface area contributed by atoms with Gasteiger partial charge in [0.15, 0.2) is 5.76 Å². The summed E-state index contributed by atoms with van der Waals surface area (Å²) in [5, 5.41) is 8.82. The Morgan fingerprint density at radius 2 is 2.10 bits per heavy atom. The molecule has 1 aliphatic heterocycles. The van der Waals surface area contributed by atoms with Crippen LogP contribution in [0.1, 0.15) is 35.4 Å². The summed E-state index contributed by atoms with van der Waals surface area (Å²) in [6, 6.07) is 12.4. The lowest BCUT2D eigenvalue weighted by Gasteiger charge is -2.28. The van der Waals surface area contributed by atoms with E-state index in [1.54, 1.807) is 6.07 Å². The maximum absolute atomic E-state index is 13.2. The second-order valence-corrected chi connectivity index (χ2v) is 8.16. The molecule has 2 atom stereocenters. The fraction of sp³-hybridized carbons (Fsp3) is 0.304. The number of rotatable bonds is 4. The number of amides is 4. The summed E-state index contributed by atoms with van der Waals surface area (Å²) < 4.78 is 5.70. The van der Waals surface area contributed by atoms with E-state index in [0.29, 0.717) is 35.5 Å². The number of carbonyl (C=O) groups excluding carboxylic acids is 3. The van der Waals surface area contributed by atoms with E-state index in [4.69, 9.17) is 4.42 Å². The molecule has 1 aliphatic carbocycles. The lowest BCUT2D eigenvalue weighted by atomic mass is 9.87. The van der Waals surface area contributed by atoms with Crippen molar-refractivity contribution >= 4 is 28.7 Å². The second kappa shape index (κ2) is 7.23. The van der Waals surface area contributed by atoms with Gasteiger partial charge in [0.05, 0.1) is 11.1 Å². The first-order chi connectivity index (χ1) is 15.0. The predicted molar refractivity (Wildman–Crippen MR) is 113 cm³/mol. The van der Waals surface area contributed by atoms with E-state index in [1.165, 1.54) is 0 Å². The van der Waals surface area contributed by atoms with Crippen molar-refractivity contribution in [1.82, 2.24) is 20.9 Å². The van der Waals surface area contributed by atoms with E-state index >= 15 is 0 Å². The molecular weight excluding hydrogens is 396 g/mol. The van der Waals surface area contributed by atoms with Gasteiger partial charge >= 0.3 is 6.03 Å². The standard InChI is InChI=1S/C23H22N4O4/c1-13-8-9-19(31-13)18-11-16(15-6-2-3-7-17(15)25-18)20(28)24-12-14-5-4-10-23(14)21(29)26-22(30)27-23/h2-3,6-9,11,14H,4-5,10,12H2,1H3,(H,24,28)(H2,26,27,29,30). The van der Waals surface area contributed by atoms with Gasteiger partial charge in [-0.05, 0) is 44.0 Å². The van der Waals surface area contributed by atoms with Gasteiger partial charge in [-0.15, -0.1) is 0 Å². The molecule has 1 aromatic carbocycles. The fourth-order valence-electron chi connectivity index (χ4n) is 4.70. The number of urea groups is 1. The minimum absolute atomic E-state index is 0.164. The number of nitrogens with zero attached hydrogens (tertiary/aromatic N) is 1. The Morgan fingerprint density at radius 1 is 1.26 bits per heavy atom. The zero-order valence-electron chi connectivity index (χ0n) is 17.0. The van der Waals surface area contributed by atoms with Crippen molar-refractivity contribution in [3.8, 4) is 11.5 Å². The van der Waals surface area contributed by atoms with Crippen molar-refractivity contribution < 1.29 is 18.8 Å². The van der Waals surface area contributed by atoms with Gasteiger partial charge < -0.3 is 15.1 Å². The van der Waals surface area contributed by atoms with Crippen LogP contribution in [0.2, 0.25) is 0 Å². The summed E-state index contributed by atoms with van der Waals surface area (Å²) in [5.41, 5.74) is 0.832. The molecule has 1 spiro atoms. The van der Waals surface area contributed by atoms with Gasteiger partial charge in [0.2, 0.25) is 0 Å². The molecule has 1 saturated carbocycles. The molecular formula is C23H22N4O4. The first-order valence-corrected chi connectivity index (χ1v) is 10.3. The van der Waals surface area contributed by atoms with Gasteiger partial charge in [0.1, 0.15) is 17.0 Å². The van der Waals surface area contributed by atoms with Crippen LogP contribution in [0.5, 0.6) is 0 Å². The van der Waals surface area contributed by atoms with Crippen LogP contribution in [0.4, 0.5) is 4.79 Å². The van der Waals surface area contributed by atoms with Gasteiger partial charge in [-0.3, -0.25) is 14.9 Å². The lowest BCUT2D eigenvalue weighted by molar-refractivity contribution is -0.125. The summed E-state index contributed by atoms with van der Waals surface area (Å²) >= 11 is 0. The third-order valence-corrected chi connectivity index (χ3v) is 6.25. The van der Waals surface area contributed by atoms with Crippen LogP contribution in [0.25, 0.3) is 22.4 Å². The van der Waals surface area contributed by atoms with E-state index in [1.807, 2.05) is 43.3 Å².